The zero-order valence-electron chi connectivity index (χ0n) is 13.3. The van der Waals surface area contributed by atoms with Crippen molar-refractivity contribution in [1.29, 1.82) is 0 Å². The molecule has 0 unspecified atom stereocenters. The molecule has 0 aliphatic carbocycles. The zero-order valence-corrected chi connectivity index (χ0v) is 14.0. The first-order valence-corrected chi connectivity index (χ1v) is 8.13. The molecule has 0 radical (unpaired) electrons. The summed E-state index contributed by atoms with van der Waals surface area (Å²) in [6.45, 7) is 6.12. The van der Waals surface area contributed by atoms with Gasteiger partial charge < -0.3 is 10.1 Å². The van der Waals surface area contributed by atoms with Gasteiger partial charge in [0.05, 0.1) is 5.69 Å². The number of benzene rings is 1. The zero-order chi connectivity index (χ0) is 16.6. The fraction of sp³-hybridized carbons (Fsp3) is 0.412. The predicted octanol–water partition coefficient (Wildman–Crippen LogP) is 2.81. The summed E-state index contributed by atoms with van der Waals surface area (Å²) in [5.41, 5.74) is 2.60. The molecule has 1 aromatic carbocycles. The van der Waals surface area contributed by atoms with Gasteiger partial charge in [0.25, 0.3) is 5.56 Å². The second-order valence-corrected chi connectivity index (χ2v) is 6.67. The number of nitrogens with one attached hydrogen (secondary N) is 1. The van der Waals surface area contributed by atoms with Crippen molar-refractivity contribution in [2.45, 2.75) is 39.3 Å². The molecule has 23 heavy (non-hydrogen) atoms. The highest BCUT2D eigenvalue weighted by Crippen LogP contribution is 2.25. The van der Waals surface area contributed by atoms with Gasteiger partial charge in [-0.05, 0) is 24.1 Å². The topological polar surface area (TPSA) is 69.2 Å². The van der Waals surface area contributed by atoms with E-state index in [2.05, 4.69) is 14.9 Å². The quantitative estimate of drug-likeness (QED) is 0.906. The molecule has 2 N–H and O–H groups in total. The molecule has 0 fully saturated rings. The average molecular weight is 334 g/mol. The van der Waals surface area contributed by atoms with Crippen LogP contribution in [0, 0.1) is 0 Å². The van der Waals surface area contributed by atoms with Gasteiger partial charge in [-0.2, -0.15) is 0 Å². The molecule has 0 amide bonds. The number of nitrogens with zero attached hydrogens (tertiary/aromatic N) is 2. The largest absolute Gasteiger partial charge is 0.508 e. The van der Waals surface area contributed by atoms with Gasteiger partial charge in [-0.3, -0.25) is 9.69 Å². The maximum absolute atomic E-state index is 12.2. The number of halogens is 1. The van der Waals surface area contributed by atoms with Crippen LogP contribution in [0.4, 0.5) is 0 Å². The Balaban J connectivity index is 1.83. The molecule has 5 nitrogen and oxygen atoms in total. The van der Waals surface area contributed by atoms with Crippen LogP contribution < -0.4 is 5.56 Å². The summed E-state index contributed by atoms with van der Waals surface area (Å²) in [4.78, 5) is 21.9. The smallest absolute Gasteiger partial charge is 0.254 e. The summed E-state index contributed by atoms with van der Waals surface area (Å²) in [6, 6.07) is 5.02. The lowest BCUT2D eigenvalue weighted by Crippen LogP contribution is -2.35. The lowest BCUT2D eigenvalue weighted by atomic mass is 10.0. The summed E-state index contributed by atoms with van der Waals surface area (Å²) in [6.07, 6.45) is 0.686. The monoisotopic (exact) mass is 333 g/mol. The van der Waals surface area contributed by atoms with Crippen LogP contribution in [0.15, 0.2) is 23.0 Å². The van der Waals surface area contributed by atoms with Crippen LogP contribution >= 0.6 is 11.6 Å². The Hall–Kier alpha value is -1.85. The number of hydrogen-bond donors (Lipinski definition) is 2. The second kappa shape index (κ2) is 6.34. The summed E-state index contributed by atoms with van der Waals surface area (Å²) in [5.74, 6) is 1.09. The SMILES string of the molecule is CC(C)c1nc2c(c(=O)[nH]1)CCN(Cc1ccc(O)cc1Cl)C2. The number of H-pyrrole nitrogens is 1. The van der Waals surface area contributed by atoms with Crippen molar-refractivity contribution in [1.82, 2.24) is 14.9 Å². The highest BCUT2D eigenvalue weighted by molar-refractivity contribution is 6.31. The lowest BCUT2D eigenvalue weighted by molar-refractivity contribution is 0.240. The minimum absolute atomic E-state index is 0.0129. The molecule has 0 saturated carbocycles. The van der Waals surface area contributed by atoms with Crippen molar-refractivity contribution in [3.05, 3.63) is 56.2 Å². The van der Waals surface area contributed by atoms with Gasteiger partial charge in [-0.1, -0.05) is 31.5 Å². The fourth-order valence-corrected chi connectivity index (χ4v) is 3.06. The number of fused-ring (bicyclic) bond motifs is 1. The Morgan fingerprint density at radius 1 is 1.43 bits per heavy atom. The molecular formula is C17H20ClN3O2. The Bertz CT molecular complexity index is 786. The molecule has 0 saturated heterocycles. The van der Waals surface area contributed by atoms with Crippen molar-refractivity contribution >= 4 is 11.6 Å². The van der Waals surface area contributed by atoms with Crippen molar-refractivity contribution in [2.24, 2.45) is 0 Å². The van der Waals surface area contributed by atoms with Crippen LogP contribution in [-0.4, -0.2) is 26.5 Å². The van der Waals surface area contributed by atoms with E-state index in [-0.39, 0.29) is 17.2 Å². The average Bonchev–Trinajstić information content (AvgIpc) is 2.49. The summed E-state index contributed by atoms with van der Waals surface area (Å²) >= 11 is 6.18. The second-order valence-electron chi connectivity index (χ2n) is 6.27. The number of hydrogen-bond acceptors (Lipinski definition) is 4. The Kier molecular flexibility index (Phi) is 4.41. The van der Waals surface area contributed by atoms with E-state index in [0.29, 0.717) is 24.5 Å². The van der Waals surface area contributed by atoms with Gasteiger partial charge >= 0.3 is 0 Å². The van der Waals surface area contributed by atoms with Crippen molar-refractivity contribution < 1.29 is 5.11 Å². The molecule has 1 aliphatic heterocycles. The molecule has 6 heteroatoms. The minimum Gasteiger partial charge on any atom is -0.508 e. The summed E-state index contributed by atoms with van der Waals surface area (Å²) in [5, 5.41) is 9.99. The number of phenolic OH excluding ortho intramolecular Hbond substituents is 1. The molecule has 3 rings (SSSR count). The van der Waals surface area contributed by atoms with Crippen LogP contribution in [0.5, 0.6) is 5.75 Å². The predicted molar refractivity (Wildman–Crippen MR) is 89.9 cm³/mol. The van der Waals surface area contributed by atoms with Crippen LogP contribution in [0.1, 0.15) is 42.4 Å². The molecule has 2 aromatic rings. The molecule has 0 spiro atoms. The Labute approximate surface area is 139 Å². The molecule has 0 bridgehead atoms. The first-order chi connectivity index (χ1) is 10.9. The molecule has 1 aromatic heterocycles. The number of aromatic nitrogens is 2. The van der Waals surface area contributed by atoms with Gasteiger partial charge in [-0.25, -0.2) is 4.98 Å². The molecular weight excluding hydrogens is 314 g/mol. The van der Waals surface area contributed by atoms with Gasteiger partial charge in [0.1, 0.15) is 11.6 Å². The van der Waals surface area contributed by atoms with Crippen LogP contribution in [-0.2, 0) is 19.5 Å². The standard InChI is InChI=1S/C17H20ClN3O2/c1-10(2)16-19-15-9-21(6-5-13(15)17(23)20-16)8-11-3-4-12(22)7-14(11)18/h3-4,7,10,22H,5-6,8-9H2,1-2H3,(H,19,20,23). The Morgan fingerprint density at radius 2 is 2.22 bits per heavy atom. The van der Waals surface area contributed by atoms with Gasteiger partial charge in [-0.15, -0.1) is 0 Å². The van der Waals surface area contributed by atoms with Crippen LogP contribution in [0.3, 0.4) is 0 Å². The fourth-order valence-electron chi connectivity index (χ4n) is 2.83. The molecule has 122 valence electrons. The maximum atomic E-state index is 12.2. The van der Waals surface area contributed by atoms with Crippen molar-refractivity contribution in [3.8, 4) is 5.75 Å². The van der Waals surface area contributed by atoms with E-state index >= 15 is 0 Å². The first kappa shape index (κ1) is 16.0. The number of phenols is 1. The number of aromatic amines is 1. The first-order valence-electron chi connectivity index (χ1n) is 7.75. The molecule has 1 aliphatic rings. The third kappa shape index (κ3) is 3.41. The number of aromatic hydroxyl groups is 1. The van der Waals surface area contributed by atoms with E-state index in [1.54, 1.807) is 12.1 Å². The van der Waals surface area contributed by atoms with Gasteiger partial charge in [0.15, 0.2) is 0 Å². The normalized spacial score (nSPS) is 15.0. The van der Waals surface area contributed by atoms with Crippen molar-refractivity contribution in [3.63, 3.8) is 0 Å². The van der Waals surface area contributed by atoms with Gasteiger partial charge in [0, 0.05) is 36.1 Å². The van der Waals surface area contributed by atoms with E-state index in [1.807, 2.05) is 19.9 Å². The summed E-state index contributed by atoms with van der Waals surface area (Å²) in [7, 11) is 0. The third-order valence-electron chi connectivity index (χ3n) is 4.15. The van der Waals surface area contributed by atoms with E-state index in [0.717, 1.165) is 29.2 Å². The molecule has 2 heterocycles. The maximum Gasteiger partial charge on any atom is 0.254 e. The highest BCUT2D eigenvalue weighted by atomic mass is 35.5. The van der Waals surface area contributed by atoms with Gasteiger partial charge in [0.2, 0.25) is 0 Å². The van der Waals surface area contributed by atoms with E-state index in [4.69, 9.17) is 11.6 Å². The molecule has 0 atom stereocenters. The highest BCUT2D eigenvalue weighted by Gasteiger charge is 2.22. The van der Waals surface area contributed by atoms with E-state index in [9.17, 15) is 9.90 Å². The summed E-state index contributed by atoms with van der Waals surface area (Å²) < 4.78 is 0. The lowest BCUT2D eigenvalue weighted by Gasteiger charge is -2.28. The minimum atomic E-state index is -0.0129. The third-order valence-corrected chi connectivity index (χ3v) is 4.50. The van der Waals surface area contributed by atoms with E-state index < -0.39 is 0 Å². The van der Waals surface area contributed by atoms with E-state index in [1.165, 1.54) is 0 Å². The Morgan fingerprint density at radius 3 is 2.91 bits per heavy atom. The van der Waals surface area contributed by atoms with Crippen molar-refractivity contribution in [2.75, 3.05) is 6.54 Å². The van der Waals surface area contributed by atoms with Crippen LogP contribution in [0.2, 0.25) is 5.02 Å². The number of rotatable bonds is 3. The van der Waals surface area contributed by atoms with Crippen LogP contribution in [0.25, 0.3) is 0 Å².